The Hall–Kier alpha value is -1.90. The van der Waals surface area contributed by atoms with Gasteiger partial charge in [0, 0.05) is 0 Å². The maximum absolute atomic E-state index is 12.6. The van der Waals surface area contributed by atoms with Crippen molar-refractivity contribution in [2.45, 2.75) is 6.36 Å². The van der Waals surface area contributed by atoms with Crippen LogP contribution in [0.3, 0.4) is 0 Å². The van der Waals surface area contributed by atoms with Crippen molar-refractivity contribution in [1.82, 2.24) is 9.97 Å². The van der Waals surface area contributed by atoms with Crippen molar-refractivity contribution in [1.29, 1.82) is 0 Å². The highest BCUT2D eigenvalue weighted by Gasteiger charge is 2.32. The summed E-state index contributed by atoms with van der Waals surface area (Å²) in [5.74, 6) is -0.879. The quantitative estimate of drug-likeness (QED) is 0.781. The van der Waals surface area contributed by atoms with Gasteiger partial charge in [0.05, 0.1) is 16.9 Å². The third-order valence-electron chi connectivity index (χ3n) is 1.93. The molecule has 0 aliphatic heterocycles. The molecule has 2 aromatic rings. The lowest BCUT2D eigenvalue weighted by Crippen LogP contribution is -2.17. The van der Waals surface area contributed by atoms with E-state index in [1.165, 1.54) is 12.1 Å². The van der Waals surface area contributed by atoms with Crippen molar-refractivity contribution < 1.29 is 27.0 Å². The van der Waals surface area contributed by atoms with Gasteiger partial charge in [0.1, 0.15) is 11.5 Å². The molecule has 0 radical (unpaired) electrons. The Morgan fingerprint density at radius 2 is 1.75 bits per heavy atom. The Bertz CT molecular complexity index is 604. The molecule has 0 atom stereocenters. The monoisotopic (exact) mass is 352 g/mol. The second kappa shape index (κ2) is 5.61. The van der Waals surface area contributed by atoms with Crippen LogP contribution in [0.4, 0.5) is 17.6 Å². The van der Waals surface area contributed by atoms with Gasteiger partial charge in [-0.1, -0.05) is 0 Å². The number of hydrogen-bond acceptors (Lipinski definition) is 4. The highest BCUT2D eigenvalue weighted by molar-refractivity contribution is 9.10. The molecule has 0 aliphatic rings. The molecule has 0 saturated heterocycles. The summed E-state index contributed by atoms with van der Waals surface area (Å²) >= 11 is 2.92. The van der Waals surface area contributed by atoms with Gasteiger partial charge in [-0.05, 0) is 34.1 Å². The van der Waals surface area contributed by atoms with Crippen LogP contribution in [0.25, 0.3) is 0 Å². The smallest absolute Gasteiger partial charge is 0.424 e. The van der Waals surface area contributed by atoms with E-state index in [-0.39, 0.29) is 16.2 Å². The largest absolute Gasteiger partial charge is 0.573 e. The molecule has 0 saturated carbocycles. The van der Waals surface area contributed by atoms with E-state index in [1.807, 2.05) is 0 Å². The minimum absolute atomic E-state index is 0.0365. The van der Waals surface area contributed by atoms with E-state index in [1.54, 1.807) is 0 Å². The fraction of sp³-hybridized carbons (Fsp3) is 0.0909. The van der Waals surface area contributed by atoms with E-state index in [0.717, 1.165) is 18.5 Å². The summed E-state index contributed by atoms with van der Waals surface area (Å²) in [5, 5.41) is 0. The van der Waals surface area contributed by atoms with Gasteiger partial charge in [0.15, 0.2) is 5.82 Å². The van der Waals surface area contributed by atoms with Gasteiger partial charge >= 0.3 is 12.4 Å². The van der Waals surface area contributed by atoms with Gasteiger partial charge in [0.2, 0.25) is 0 Å². The van der Waals surface area contributed by atoms with Gasteiger partial charge in [-0.3, -0.25) is 0 Å². The normalized spacial score (nSPS) is 11.2. The third kappa shape index (κ3) is 4.05. The maximum atomic E-state index is 12.6. The van der Waals surface area contributed by atoms with E-state index in [0.29, 0.717) is 0 Å². The summed E-state index contributed by atoms with van der Waals surface area (Å²) in [5.41, 5.74) is 0. The van der Waals surface area contributed by atoms with Gasteiger partial charge in [0.25, 0.3) is 0 Å². The minimum Gasteiger partial charge on any atom is -0.424 e. The molecule has 20 heavy (non-hydrogen) atoms. The van der Waals surface area contributed by atoms with Crippen molar-refractivity contribution in [3.8, 4) is 17.5 Å². The molecule has 0 fully saturated rings. The first-order valence-corrected chi connectivity index (χ1v) is 5.83. The number of aromatic nitrogens is 2. The molecule has 9 heteroatoms. The Kier molecular flexibility index (Phi) is 4.07. The number of halogens is 5. The Morgan fingerprint density at radius 3 is 2.30 bits per heavy atom. The number of benzene rings is 1. The second-order valence-electron chi connectivity index (χ2n) is 3.43. The van der Waals surface area contributed by atoms with Gasteiger partial charge in [-0.2, -0.15) is 0 Å². The Balaban J connectivity index is 2.14. The fourth-order valence-corrected chi connectivity index (χ4v) is 1.65. The summed E-state index contributed by atoms with van der Waals surface area (Å²) < 4.78 is 57.8. The molecule has 0 spiro atoms. The minimum atomic E-state index is -4.79. The van der Waals surface area contributed by atoms with Crippen LogP contribution in [0.1, 0.15) is 0 Å². The first-order chi connectivity index (χ1) is 9.33. The van der Waals surface area contributed by atoms with Crippen LogP contribution in [-0.4, -0.2) is 16.3 Å². The van der Waals surface area contributed by atoms with Crippen LogP contribution in [0, 0.1) is 5.82 Å². The van der Waals surface area contributed by atoms with Crippen LogP contribution in [-0.2, 0) is 0 Å². The van der Waals surface area contributed by atoms with Crippen LogP contribution >= 0.6 is 15.9 Å². The zero-order chi connectivity index (χ0) is 14.8. The lowest BCUT2D eigenvalue weighted by molar-refractivity contribution is -0.274. The third-order valence-corrected chi connectivity index (χ3v) is 2.55. The highest BCUT2D eigenvalue weighted by atomic mass is 79.9. The highest BCUT2D eigenvalue weighted by Crippen LogP contribution is 2.34. The topological polar surface area (TPSA) is 44.2 Å². The van der Waals surface area contributed by atoms with E-state index in [4.69, 9.17) is 4.74 Å². The molecular formula is C11H5BrF4N2O2. The van der Waals surface area contributed by atoms with Crippen LogP contribution in [0.15, 0.2) is 35.1 Å². The Morgan fingerprint density at radius 1 is 1.10 bits per heavy atom. The van der Waals surface area contributed by atoms with E-state index >= 15 is 0 Å². The van der Waals surface area contributed by atoms with Gasteiger partial charge in [-0.25, -0.2) is 14.4 Å². The molecule has 1 aromatic heterocycles. The molecule has 0 aliphatic carbocycles. The molecule has 0 bridgehead atoms. The Labute approximate surface area is 118 Å². The van der Waals surface area contributed by atoms with Crippen molar-refractivity contribution in [2.75, 3.05) is 0 Å². The van der Waals surface area contributed by atoms with Crippen molar-refractivity contribution in [2.24, 2.45) is 0 Å². The first kappa shape index (κ1) is 14.5. The summed E-state index contributed by atoms with van der Waals surface area (Å²) in [4.78, 5) is 7.10. The van der Waals surface area contributed by atoms with E-state index < -0.39 is 17.9 Å². The SMILES string of the molecule is Fc1cnc(Oc2ccc(OC(F)(F)F)c(Br)c2)nc1. The predicted molar refractivity (Wildman–Crippen MR) is 62.9 cm³/mol. The number of hydrogen-bond donors (Lipinski definition) is 0. The zero-order valence-corrected chi connectivity index (χ0v) is 11.1. The molecule has 106 valence electrons. The number of rotatable bonds is 3. The molecule has 1 heterocycles. The van der Waals surface area contributed by atoms with Crippen LogP contribution in [0.5, 0.6) is 17.5 Å². The van der Waals surface area contributed by atoms with Crippen LogP contribution < -0.4 is 9.47 Å². The standard InChI is InChI=1S/C11H5BrF4N2O2/c12-8-3-7(1-2-9(8)20-11(14,15)16)19-10-17-4-6(13)5-18-10/h1-5H. The number of ether oxygens (including phenoxy) is 2. The van der Waals surface area contributed by atoms with Crippen LogP contribution in [0.2, 0.25) is 0 Å². The van der Waals surface area contributed by atoms with Gasteiger partial charge in [-0.15, -0.1) is 13.2 Å². The molecule has 0 unspecified atom stereocenters. The average Bonchev–Trinajstić information content (AvgIpc) is 2.34. The van der Waals surface area contributed by atoms with Crippen molar-refractivity contribution in [3.63, 3.8) is 0 Å². The summed E-state index contributed by atoms with van der Waals surface area (Å²) in [6, 6.07) is 3.41. The predicted octanol–water partition coefficient (Wildman–Crippen LogP) is 4.07. The lowest BCUT2D eigenvalue weighted by atomic mass is 10.3. The number of alkyl halides is 3. The molecule has 0 amide bonds. The molecular weight excluding hydrogens is 348 g/mol. The van der Waals surface area contributed by atoms with E-state index in [9.17, 15) is 17.6 Å². The summed E-state index contributed by atoms with van der Waals surface area (Å²) in [7, 11) is 0. The summed E-state index contributed by atoms with van der Waals surface area (Å²) in [6.07, 6.45) is -2.98. The average molecular weight is 353 g/mol. The first-order valence-electron chi connectivity index (χ1n) is 5.04. The van der Waals surface area contributed by atoms with E-state index in [2.05, 4.69) is 30.6 Å². The van der Waals surface area contributed by atoms with Crippen molar-refractivity contribution in [3.05, 3.63) is 40.9 Å². The fourth-order valence-electron chi connectivity index (χ4n) is 1.21. The summed E-state index contributed by atoms with van der Waals surface area (Å²) in [6.45, 7) is 0. The zero-order valence-electron chi connectivity index (χ0n) is 9.49. The molecule has 2 rings (SSSR count). The van der Waals surface area contributed by atoms with Crippen molar-refractivity contribution >= 4 is 15.9 Å². The molecule has 1 aromatic carbocycles. The number of nitrogens with zero attached hydrogens (tertiary/aromatic N) is 2. The van der Waals surface area contributed by atoms with Gasteiger partial charge < -0.3 is 9.47 Å². The molecule has 4 nitrogen and oxygen atoms in total. The maximum Gasteiger partial charge on any atom is 0.573 e. The lowest BCUT2D eigenvalue weighted by Gasteiger charge is -2.11. The second-order valence-corrected chi connectivity index (χ2v) is 4.28. The molecule has 0 N–H and O–H groups in total.